The van der Waals surface area contributed by atoms with Crippen molar-refractivity contribution in [3.05, 3.63) is 33.8 Å². The van der Waals surface area contributed by atoms with Gasteiger partial charge in [0.15, 0.2) is 0 Å². The molecular weight excluding hydrogens is 400 g/mol. The van der Waals surface area contributed by atoms with Crippen LogP contribution < -0.4 is 10.1 Å². The monoisotopic (exact) mass is 422 g/mol. The molecule has 0 radical (unpaired) electrons. The molecule has 2 aromatic rings. The number of likely N-dealkylation sites (tertiary alicyclic amines) is 1. The third kappa shape index (κ3) is 4.99. The number of anilines is 1. The molecule has 1 aromatic heterocycles. The van der Waals surface area contributed by atoms with Gasteiger partial charge in [0.25, 0.3) is 5.91 Å². The molecule has 1 aliphatic heterocycles. The number of benzene rings is 1. The lowest BCUT2D eigenvalue weighted by Crippen LogP contribution is -2.40. The predicted molar refractivity (Wildman–Crippen MR) is 109 cm³/mol. The molecule has 28 heavy (non-hydrogen) atoms. The third-order valence-corrected chi connectivity index (χ3v) is 5.98. The fraction of sp³-hybridized carbons (Fsp3) is 0.474. The van der Waals surface area contributed by atoms with Crippen LogP contribution >= 0.6 is 23.1 Å². The number of piperidine rings is 1. The highest BCUT2D eigenvalue weighted by Gasteiger charge is 2.27. The Morgan fingerprint density at radius 1 is 1.43 bits per heavy atom. The second-order valence-electron chi connectivity index (χ2n) is 6.88. The number of nitrogens with one attached hydrogen (secondary N) is 1. The summed E-state index contributed by atoms with van der Waals surface area (Å²) in [6.45, 7) is 3.20. The Kier molecular flexibility index (Phi) is 6.85. The molecule has 0 bridgehead atoms. The molecule has 1 fully saturated rings. The van der Waals surface area contributed by atoms with Crippen molar-refractivity contribution in [3.63, 3.8) is 0 Å². The maximum atomic E-state index is 12.6. The Balaban J connectivity index is 1.50. The van der Waals surface area contributed by atoms with E-state index in [-0.39, 0.29) is 11.8 Å². The number of hydrogen-bond donors (Lipinski definition) is 1. The number of aromatic nitrogens is 2. The van der Waals surface area contributed by atoms with Gasteiger partial charge in [-0.2, -0.15) is 0 Å². The van der Waals surface area contributed by atoms with Gasteiger partial charge in [-0.05, 0) is 61.8 Å². The molecule has 0 saturated carbocycles. The molecule has 0 aliphatic carbocycles. The number of methoxy groups -OCH3 is 1. The van der Waals surface area contributed by atoms with E-state index in [4.69, 9.17) is 16.3 Å². The fourth-order valence-corrected chi connectivity index (χ4v) is 4.24. The van der Waals surface area contributed by atoms with Crippen molar-refractivity contribution >= 4 is 40.6 Å². The van der Waals surface area contributed by atoms with Crippen LogP contribution in [-0.4, -0.2) is 46.5 Å². The minimum Gasteiger partial charge on any atom is -0.495 e. The lowest BCUT2D eigenvalue weighted by atomic mass is 9.93. The Morgan fingerprint density at radius 3 is 2.93 bits per heavy atom. The van der Waals surface area contributed by atoms with Gasteiger partial charge >= 0.3 is 0 Å². The van der Waals surface area contributed by atoms with Gasteiger partial charge in [0.2, 0.25) is 5.91 Å². The molecule has 1 N–H and O–H groups in total. The van der Waals surface area contributed by atoms with E-state index < -0.39 is 0 Å². The van der Waals surface area contributed by atoms with Crippen molar-refractivity contribution in [1.82, 2.24) is 14.5 Å². The fourth-order valence-electron chi connectivity index (χ4n) is 3.36. The van der Waals surface area contributed by atoms with Gasteiger partial charge in [-0.25, -0.2) is 0 Å². The van der Waals surface area contributed by atoms with Crippen molar-refractivity contribution < 1.29 is 14.3 Å². The molecule has 2 heterocycles. The zero-order valence-corrected chi connectivity index (χ0v) is 17.5. The first kappa shape index (κ1) is 20.5. The minimum absolute atomic E-state index is 0.00507. The van der Waals surface area contributed by atoms with Gasteiger partial charge in [-0.3, -0.25) is 9.59 Å². The van der Waals surface area contributed by atoms with Crippen molar-refractivity contribution in [2.45, 2.75) is 32.6 Å². The first-order valence-electron chi connectivity index (χ1n) is 9.19. The van der Waals surface area contributed by atoms with E-state index in [1.165, 1.54) is 0 Å². The largest absolute Gasteiger partial charge is 0.495 e. The second-order valence-corrected chi connectivity index (χ2v) is 8.04. The van der Waals surface area contributed by atoms with E-state index in [0.29, 0.717) is 45.9 Å². The number of hydrogen-bond acceptors (Lipinski definition) is 6. The summed E-state index contributed by atoms with van der Waals surface area (Å²) in [4.78, 5) is 27.4. The van der Waals surface area contributed by atoms with E-state index in [0.717, 1.165) is 37.3 Å². The van der Waals surface area contributed by atoms with Crippen LogP contribution in [0.25, 0.3) is 0 Å². The summed E-state index contributed by atoms with van der Waals surface area (Å²) in [6, 6.07) is 5.15. The maximum absolute atomic E-state index is 12.6. The summed E-state index contributed by atoms with van der Waals surface area (Å²) in [5.74, 6) is 0.809. The number of rotatable bonds is 6. The van der Waals surface area contributed by atoms with Crippen LogP contribution in [-0.2, 0) is 4.79 Å². The number of nitrogens with zero attached hydrogens (tertiary/aromatic N) is 3. The molecule has 0 spiro atoms. The average Bonchev–Trinajstić information content (AvgIpc) is 3.12. The highest BCUT2D eigenvalue weighted by molar-refractivity contribution is 7.07. The third-order valence-electron chi connectivity index (χ3n) is 4.87. The molecule has 1 saturated heterocycles. The highest BCUT2D eigenvalue weighted by atomic mass is 35.5. The zero-order chi connectivity index (χ0) is 20.1. The SMILES string of the molecule is COc1ccc(NC(=O)CCC2CCCN(C(=O)c3snnc3C)C2)cc1Cl. The van der Waals surface area contributed by atoms with Crippen LogP contribution in [0.1, 0.15) is 41.0 Å². The molecule has 9 heteroatoms. The number of amides is 2. The van der Waals surface area contributed by atoms with Crippen molar-refractivity contribution in [2.75, 3.05) is 25.5 Å². The van der Waals surface area contributed by atoms with Crippen molar-refractivity contribution in [3.8, 4) is 5.75 Å². The molecule has 2 amide bonds. The van der Waals surface area contributed by atoms with Crippen LogP contribution in [0.4, 0.5) is 5.69 Å². The predicted octanol–water partition coefficient (Wildman–Crippen LogP) is 3.78. The van der Waals surface area contributed by atoms with Crippen LogP contribution in [0, 0.1) is 12.8 Å². The summed E-state index contributed by atoms with van der Waals surface area (Å²) in [7, 11) is 1.55. The van der Waals surface area contributed by atoms with Gasteiger partial charge in [0.05, 0.1) is 17.8 Å². The molecule has 7 nitrogen and oxygen atoms in total. The van der Waals surface area contributed by atoms with Gasteiger partial charge in [0.1, 0.15) is 10.6 Å². The first-order chi connectivity index (χ1) is 13.5. The number of carbonyl (C=O) groups excluding carboxylic acids is 2. The van der Waals surface area contributed by atoms with Crippen LogP contribution in [0.5, 0.6) is 5.75 Å². The second kappa shape index (κ2) is 9.34. The number of halogens is 1. The lowest BCUT2D eigenvalue weighted by molar-refractivity contribution is -0.116. The highest BCUT2D eigenvalue weighted by Crippen LogP contribution is 2.28. The maximum Gasteiger partial charge on any atom is 0.267 e. The summed E-state index contributed by atoms with van der Waals surface area (Å²) in [6.07, 6.45) is 3.10. The molecule has 1 aliphatic rings. The Morgan fingerprint density at radius 2 is 2.25 bits per heavy atom. The van der Waals surface area contributed by atoms with Gasteiger partial charge < -0.3 is 15.0 Å². The molecule has 1 aromatic carbocycles. The zero-order valence-electron chi connectivity index (χ0n) is 15.9. The number of aryl methyl sites for hydroxylation is 1. The number of ether oxygens (including phenoxy) is 1. The van der Waals surface area contributed by atoms with Crippen LogP contribution in [0.2, 0.25) is 5.02 Å². The van der Waals surface area contributed by atoms with Gasteiger partial charge in [-0.1, -0.05) is 16.1 Å². The standard InChI is InChI=1S/C19H23ClN4O3S/c1-12-18(28-23-22-12)19(26)24-9-3-4-13(11-24)5-8-17(25)21-14-6-7-16(27-2)15(20)10-14/h6-7,10,13H,3-5,8-9,11H2,1-2H3,(H,21,25). The molecular formula is C19H23ClN4O3S. The van der Waals surface area contributed by atoms with E-state index >= 15 is 0 Å². The molecule has 3 rings (SSSR count). The summed E-state index contributed by atoms with van der Waals surface area (Å²) >= 11 is 7.23. The minimum atomic E-state index is -0.0628. The quantitative estimate of drug-likeness (QED) is 0.765. The molecule has 1 atom stereocenters. The van der Waals surface area contributed by atoms with E-state index in [1.54, 1.807) is 32.2 Å². The lowest BCUT2D eigenvalue weighted by Gasteiger charge is -2.32. The van der Waals surface area contributed by atoms with Crippen LogP contribution in [0.3, 0.4) is 0 Å². The van der Waals surface area contributed by atoms with Crippen molar-refractivity contribution in [2.24, 2.45) is 5.92 Å². The normalized spacial score (nSPS) is 16.7. The number of carbonyl (C=O) groups is 2. The molecule has 1 unspecified atom stereocenters. The van der Waals surface area contributed by atoms with Gasteiger partial charge in [0, 0.05) is 25.2 Å². The Labute approximate surface area is 173 Å². The van der Waals surface area contributed by atoms with E-state index in [2.05, 4.69) is 14.9 Å². The smallest absolute Gasteiger partial charge is 0.267 e. The van der Waals surface area contributed by atoms with Crippen LogP contribution in [0.15, 0.2) is 18.2 Å². The topological polar surface area (TPSA) is 84.4 Å². The summed E-state index contributed by atoms with van der Waals surface area (Å²) in [5.41, 5.74) is 1.32. The average molecular weight is 423 g/mol. The summed E-state index contributed by atoms with van der Waals surface area (Å²) < 4.78 is 8.96. The van der Waals surface area contributed by atoms with Gasteiger partial charge in [-0.15, -0.1) is 5.10 Å². The Hall–Kier alpha value is -2.19. The van der Waals surface area contributed by atoms with E-state index in [9.17, 15) is 9.59 Å². The summed E-state index contributed by atoms with van der Waals surface area (Å²) in [5, 5.41) is 7.24. The van der Waals surface area contributed by atoms with Crippen molar-refractivity contribution in [1.29, 1.82) is 0 Å². The Bertz CT molecular complexity index is 857. The molecule has 150 valence electrons. The first-order valence-corrected chi connectivity index (χ1v) is 10.3. The van der Waals surface area contributed by atoms with E-state index in [1.807, 2.05) is 4.90 Å².